The predicted octanol–water partition coefficient (Wildman–Crippen LogP) is 6.10. The minimum atomic E-state index is -1.17. The Kier molecular flexibility index (Phi) is 6.12. The van der Waals surface area contributed by atoms with Gasteiger partial charge in [0.05, 0.1) is 17.5 Å². The number of Topliss-reactive ketones (excluding diaryl/α,β-unsaturated/α-hetero) is 1. The summed E-state index contributed by atoms with van der Waals surface area (Å²) in [6, 6.07) is 9.67. The summed E-state index contributed by atoms with van der Waals surface area (Å²) < 4.78 is 7.93. The van der Waals surface area contributed by atoms with Crippen molar-refractivity contribution in [2.75, 3.05) is 24.6 Å². The summed E-state index contributed by atoms with van der Waals surface area (Å²) in [5.41, 5.74) is 4.54. The second-order valence-corrected chi connectivity index (χ2v) is 18.2. The Balaban J connectivity index is 1.46. The average molecular weight is 491 g/mol. The van der Waals surface area contributed by atoms with Crippen LogP contribution in [0.2, 0.25) is 25.7 Å². The van der Waals surface area contributed by atoms with Gasteiger partial charge in [0.15, 0.2) is 11.4 Å². The SMILES string of the molecule is CC(C)(C)C(=O)c1cn(COCC[Si](C)(C)C)c2ncc(-c3cccc(N4C[C@H]5C[C@H]5C4)c3)nc12. The number of nitrogens with zero attached hydrogens (tertiary/aromatic N) is 4. The molecule has 1 saturated heterocycles. The fraction of sp³-hybridized carbons (Fsp3) is 0.536. The van der Waals surface area contributed by atoms with E-state index in [1.807, 2.05) is 37.7 Å². The molecule has 1 aliphatic carbocycles. The number of hydrogen-bond donors (Lipinski definition) is 0. The van der Waals surface area contributed by atoms with E-state index in [2.05, 4.69) is 48.8 Å². The molecular weight excluding hydrogens is 452 g/mol. The smallest absolute Gasteiger partial charge is 0.171 e. The van der Waals surface area contributed by atoms with Gasteiger partial charge in [-0.15, -0.1) is 0 Å². The van der Waals surface area contributed by atoms with Gasteiger partial charge >= 0.3 is 0 Å². The van der Waals surface area contributed by atoms with E-state index in [-0.39, 0.29) is 5.78 Å². The van der Waals surface area contributed by atoms with Crippen molar-refractivity contribution in [3.05, 3.63) is 42.2 Å². The van der Waals surface area contributed by atoms with E-state index in [1.165, 1.54) is 12.1 Å². The summed E-state index contributed by atoms with van der Waals surface area (Å²) in [6.45, 7) is 16.3. The molecule has 1 aliphatic heterocycles. The van der Waals surface area contributed by atoms with Crippen LogP contribution >= 0.6 is 0 Å². The first-order valence-corrected chi connectivity index (χ1v) is 16.5. The number of piperidine rings is 1. The molecule has 1 saturated carbocycles. The lowest BCUT2D eigenvalue weighted by Crippen LogP contribution is -2.22. The molecule has 6 nitrogen and oxygen atoms in total. The average Bonchev–Trinajstić information content (AvgIpc) is 3.24. The Morgan fingerprint density at radius 3 is 2.60 bits per heavy atom. The van der Waals surface area contributed by atoms with Crippen molar-refractivity contribution in [1.29, 1.82) is 0 Å². The van der Waals surface area contributed by atoms with Crippen molar-refractivity contribution < 1.29 is 9.53 Å². The summed E-state index contributed by atoms with van der Waals surface area (Å²) in [5, 5.41) is 0. The Hall–Kier alpha value is -2.51. The zero-order valence-electron chi connectivity index (χ0n) is 22.0. The first-order valence-electron chi connectivity index (χ1n) is 12.8. The van der Waals surface area contributed by atoms with Crippen LogP contribution in [0.4, 0.5) is 5.69 Å². The highest BCUT2D eigenvalue weighted by atomic mass is 28.3. The third kappa shape index (κ3) is 5.21. The maximum atomic E-state index is 13.3. The second kappa shape index (κ2) is 8.86. The molecule has 0 bridgehead atoms. The first kappa shape index (κ1) is 24.2. The van der Waals surface area contributed by atoms with Gasteiger partial charge in [0, 0.05) is 50.6 Å². The standard InChI is InChI=1S/C28H38N4O2Si/c1-28(2,3)26(33)23-17-32(18-34-10-11-35(4,5)6)27-25(23)30-24(14-29-27)19-8-7-9-22(13-19)31-15-20-12-21(20)16-31/h7-9,13-14,17,20-21H,10-12,15-16,18H2,1-6H3/t20-,21+. The third-order valence-corrected chi connectivity index (χ3v) is 8.91. The summed E-state index contributed by atoms with van der Waals surface area (Å²) in [6.07, 6.45) is 5.10. The van der Waals surface area contributed by atoms with Crippen molar-refractivity contribution in [3.8, 4) is 11.3 Å². The van der Waals surface area contributed by atoms with Gasteiger partial charge in [-0.25, -0.2) is 9.97 Å². The van der Waals surface area contributed by atoms with E-state index < -0.39 is 13.5 Å². The second-order valence-electron chi connectivity index (χ2n) is 12.6. The van der Waals surface area contributed by atoms with Crippen molar-refractivity contribution in [1.82, 2.24) is 14.5 Å². The van der Waals surface area contributed by atoms with Gasteiger partial charge in [-0.05, 0) is 36.4 Å². The molecule has 5 rings (SSSR count). The van der Waals surface area contributed by atoms with Crippen molar-refractivity contribution in [3.63, 3.8) is 0 Å². The highest BCUT2D eigenvalue weighted by molar-refractivity contribution is 6.76. The molecule has 7 heteroatoms. The summed E-state index contributed by atoms with van der Waals surface area (Å²) >= 11 is 0. The Bertz CT molecular complexity index is 1240. The van der Waals surface area contributed by atoms with E-state index in [9.17, 15) is 4.79 Å². The Morgan fingerprint density at radius 1 is 1.17 bits per heavy atom. The van der Waals surface area contributed by atoms with E-state index in [4.69, 9.17) is 14.7 Å². The van der Waals surface area contributed by atoms with Crippen LogP contribution in [0.25, 0.3) is 22.4 Å². The van der Waals surface area contributed by atoms with E-state index in [0.29, 0.717) is 30.1 Å². The van der Waals surface area contributed by atoms with Gasteiger partial charge < -0.3 is 14.2 Å². The lowest BCUT2D eigenvalue weighted by molar-refractivity contribution is 0.0849. The molecule has 0 N–H and O–H groups in total. The number of anilines is 1. The Morgan fingerprint density at radius 2 is 1.91 bits per heavy atom. The summed E-state index contributed by atoms with van der Waals surface area (Å²) in [5.74, 6) is 1.84. The van der Waals surface area contributed by atoms with Gasteiger partial charge in [0.2, 0.25) is 0 Å². The maximum Gasteiger partial charge on any atom is 0.171 e. The van der Waals surface area contributed by atoms with Crippen molar-refractivity contribution >= 4 is 30.7 Å². The molecule has 2 aromatic heterocycles. The highest BCUT2D eigenvalue weighted by Crippen LogP contribution is 2.46. The molecule has 3 heterocycles. The number of benzene rings is 1. The lowest BCUT2D eigenvalue weighted by atomic mass is 9.87. The monoisotopic (exact) mass is 490 g/mol. The lowest BCUT2D eigenvalue weighted by Gasteiger charge is -2.20. The molecule has 35 heavy (non-hydrogen) atoms. The number of fused-ring (bicyclic) bond motifs is 2. The molecule has 2 aliphatic rings. The maximum absolute atomic E-state index is 13.3. The predicted molar refractivity (Wildman–Crippen MR) is 145 cm³/mol. The van der Waals surface area contributed by atoms with Crippen molar-refractivity contribution in [2.45, 2.75) is 59.6 Å². The molecule has 2 fully saturated rings. The van der Waals surface area contributed by atoms with E-state index in [1.54, 1.807) is 0 Å². The van der Waals surface area contributed by atoms with Crippen LogP contribution in [0.3, 0.4) is 0 Å². The molecule has 1 aromatic carbocycles. The molecule has 2 atom stereocenters. The van der Waals surface area contributed by atoms with Crippen LogP contribution in [0.5, 0.6) is 0 Å². The largest absolute Gasteiger partial charge is 0.371 e. The van der Waals surface area contributed by atoms with Crippen LogP contribution in [0, 0.1) is 17.3 Å². The van der Waals surface area contributed by atoms with Gasteiger partial charge in [-0.1, -0.05) is 52.5 Å². The quantitative estimate of drug-likeness (QED) is 0.217. The minimum Gasteiger partial charge on any atom is -0.371 e. The first-order chi connectivity index (χ1) is 16.5. The molecule has 0 radical (unpaired) electrons. The zero-order valence-corrected chi connectivity index (χ0v) is 23.0. The third-order valence-electron chi connectivity index (χ3n) is 7.20. The van der Waals surface area contributed by atoms with Gasteiger partial charge in [-0.3, -0.25) is 4.79 Å². The number of aromatic nitrogens is 3. The van der Waals surface area contributed by atoms with Crippen LogP contribution < -0.4 is 4.90 Å². The van der Waals surface area contributed by atoms with E-state index >= 15 is 0 Å². The van der Waals surface area contributed by atoms with Crippen LogP contribution in [-0.4, -0.2) is 48.1 Å². The number of ketones is 1. The molecule has 0 unspecified atom stereocenters. The number of carbonyl (C=O) groups is 1. The molecular formula is C28H38N4O2Si. The number of ether oxygens (including phenoxy) is 1. The topological polar surface area (TPSA) is 60.3 Å². The number of rotatable bonds is 8. The van der Waals surface area contributed by atoms with Crippen LogP contribution in [0.15, 0.2) is 36.7 Å². The van der Waals surface area contributed by atoms with E-state index in [0.717, 1.165) is 42.2 Å². The van der Waals surface area contributed by atoms with Crippen LogP contribution in [-0.2, 0) is 11.5 Å². The number of hydrogen-bond acceptors (Lipinski definition) is 5. The van der Waals surface area contributed by atoms with Gasteiger partial charge in [-0.2, -0.15) is 0 Å². The summed E-state index contributed by atoms with van der Waals surface area (Å²) in [4.78, 5) is 25.6. The molecule has 0 spiro atoms. The van der Waals surface area contributed by atoms with Gasteiger partial charge in [0.25, 0.3) is 0 Å². The highest BCUT2D eigenvalue weighted by Gasteiger charge is 2.45. The van der Waals surface area contributed by atoms with Crippen LogP contribution in [0.1, 0.15) is 37.6 Å². The molecule has 3 aromatic rings. The minimum absolute atomic E-state index is 0.0693. The zero-order chi connectivity index (χ0) is 25.0. The van der Waals surface area contributed by atoms with Crippen molar-refractivity contribution in [2.24, 2.45) is 17.3 Å². The fourth-order valence-corrected chi connectivity index (χ4v) is 5.63. The fourth-order valence-electron chi connectivity index (χ4n) is 4.87. The summed E-state index contributed by atoms with van der Waals surface area (Å²) in [7, 11) is -1.17. The normalized spacial score (nSPS) is 19.9. The number of carbonyl (C=O) groups excluding carboxylic acids is 1. The molecule has 186 valence electrons. The molecule has 0 amide bonds. The van der Waals surface area contributed by atoms with Gasteiger partial charge in [0.1, 0.15) is 12.2 Å². The Labute approximate surface area is 209 Å².